The van der Waals surface area contributed by atoms with Crippen molar-refractivity contribution in [2.24, 2.45) is 0 Å². The maximum Gasteiger partial charge on any atom is 0.249 e. The van der Waals surface area contributed by atoms with Crippen LogP contribution in [0.3, 0.4) is 0 Å². The predicted octanol–water partition coefficient (Wildman–Crippen LogP) is 3.56. The van der Waals surface area contributed by atoms with E-state index in [0.29, 0.717) is 24.6 Å². The molecular weight excluding hydrogens is 330 g/mol. The molecule has 1 atom stereocenters. The van der Waals surface area contributed by atoms with Crippen molar-refractivity contribution < 1.29 is 14.1 Å². The van der Waals surface area contributed by atoms with Crippen LogP contribution in [0.15, 0.2) is 59.1 Å². The van der Waals surface area contributed by atoms with Crippen molar-refractivity contribution in [1.29, 1.82) is 0 Å². The largest absolute Gasteiger partial charge is 0.497 e. The molecule has 0 fully saturated rings. The Balaban J connectivity index is 1.57. The molecule has 6 heteroatoms. The fourth-order valence-corrected chi connectivity index (χ4v) is 2.55. The lowest BCUT2D eigenvalue weighted by molar-refractivity contribution is -0.121. The molecule has 134 valence electrons. The molecule has 0 radical (unpaired) electrons. The molecule has 2 aromatic carbocycles. The lowest BCUT2D eigenvalue weighted by Crippen LogP contribution is -2.27. The van der Waals surface area contributed by atoms with Crippen LogP contribution in [0.5, 0.6) is 5.75 Å². The number of aryl methyl sites for hydroxylation is 1. The number of nitrogens with one attached hydrogen (secondary N) is 1. The van der Waals surface area contributed by atoms with Crippen LogP contribution in [0.4, 0.5) is 0 Å². The van der Waals surface area contributed by atoms with Gasteiger partial charge in [0.1, 0.15) is 11.8 Å². The minimum Gasteiger partial charge on any atom is -0.497 e. The summed E-state index contributed by atoms with van der Waals surface area (Å²) < 4.78 is 10.4. The van der Waals surface area contributed by atoms with E-state index in [1.165, 1.54) is 0 Å². The van der Waals surface area contributed by atoms with E-state index in [1.54, 1.807) is 7.11 Å². The lowest BCUT2D eigenvalue weighted by atomic mass is 10.1. The molecule has 0 saturated carbocycles. The number of ether oxygens (including phenoxy) is 1. The number of nitrogens with zero attached hydrogens (tertiary/aromatic N) is 2. The quantitative estimate of drug-likeness (QED) is 0.704. The third kappa shape index (κ3) is 4.47. The highest BCUT2D eigenvalue weighted by molar-refractivity contribution is 5.76. The molecule has 0 aliphatic rings. The second-order valence-corrected chi connectivity index (χ2v) is 5.96. The van der Waals surface area contributed by atoms with Gasteiger partial charge in [0.2, 0.25) is 17.6 Å². The molecule has 1 aromatic heterocycles. The molecular formula is C20H21N3O3. The van der Waals surface area contributed by atoms with E-state index >= 15 is 0 Å². The third-order valence-corrected chi connectivity index (χ3v) is 4.02. The summed E-state index contributed by atoms with van der Waals surface area (Å²) in [7, 11) is 1.61. The van der Waals surface area contributed by atoms with Gasteiger partial charge in [-0.1, -0.05) is 35.5 Å². The lowest BCUT2D eigenvalue weighted by Gasteiger charge is -2.09. The van der Waals surface area contributed by atoms with Gasteiger partial charge in [0.15, 0.2) is 0 Å². The smallest absolute Gasteiger partial charge is 0.249 e. The van der Waals surface area contributed by atoms with Crippen LogP contribution in [-0.4, -0.2) is 23.2 Å². The highest BCUT2D eigenvalue weighted by atomic mass is 16.5. The van der Waals surface area contributed by atoms with Crippen LogP contribution >= 0.6 is 0 Å². The Morgan fingerprint density at radius 3 is 2.58 bits per heavy atom. The second-order valence-electron chi connectivity index (χ2n) is 5.96. The number of benzene rings is 2. The van der Waals surface area contributed by atoms with Gasteiger partial charge >= 0.3 is 0 Å². The van der Waals surface area contributed by atoms with Crippen molar-refractivity contribution in [2.45, 2.75) is 25.8 Å². The van der Waals surface area contributed by atoms with Gasteiger partial charge in [0.05, 0.1) is 7.11 Å². The first kappa shape index (κ1) is 17.7. The zero-order valence-electron chi connectivity index (χ0n) is 14.8. The van der Waals surface area contributed by atoms with Crippen molar-refractivity contribution in [3.63, 3.8) is 0 Å². The maximum absolute atomic E-state index is 12.1. The zero-order chi connectivity index (χ0) is 18.4. The molecule has 0 unspecified atom stereocenters. The second kappa shape index (κ2) is 8.29. The highest BCUT2D eigenvalue weighted by Gasteiger charge is 2.17. The number of carbonyl (C=O) groups is 1. The van der Waals surface area contributed by atoms with E-state index in [-0.39, 0.29) is 11.9 Å². The molecule has 26 heavy (non-hydrogen) atoms. The van der Waals surface area contributed by atoms with Crippen LogP contribution < -0.4 is 10.1 Å². The van der Waals surface area contributed by atoms with Crippen molar-refractivity contribution in [3.05, 3.63) is 66.1 Å². The fraction of sp³-hybridized carbons (Fsp3) is 0.250. The van der Waals surface area contributed by atoms with Gasteiger partial charge < -0.3 is 14.6 Å². The molecule has 0 spiro atoms. The predicted molar refractivity (Wildman–Crippen MR) is 97.6 cm³/mol. The first-order valence-corrected chi connectivity index (χ1v) is 8.47. The van der Waals surface area contributed by atoms with E-state index in [9.17, 15) is 4.79 Å². The van der Waals surface area contributed by atoms with Crippen molar-refractivity contribution in [3.8, 4) is 17.1 Å². The topological polar surface area (TPSA) is 77.3 Å². The molecule has 0 saturated heterocycles. The van der Waals surface area contributed by atoms with Gasteiger partial charge in [-0.3, -0.25) is 4.79 Å². The van der Waals surface area contributed by atoms with E-state index in [2.05, 4.69) is 15.5 Å². The van der Waals surface area contributed by atoms with Crippen molar-refractivity contribution >= 4 is 5.91 Å². The molecule has 1 amide bonds. The average Bonchev–Trinajstić information content (AvgIpc) is 3.18. The third-order valence-electron chi connectivity index (χ3n) is 4.02. The van der Waals surface area contributed by atoms with Crippen LogP contribution in [0.1, 0.15) is 30.8 Å². The van der Waals surface area contributed by atoms with Gasteiger partial charge in [-0.2, -0.15) is 4.98 Å². The Morgan fingerprint density at radius 1 is 1.15 bits per heavy atom. The van der Waals surface area contributed by atoms with E-state index in [1.807, 2.05) is 61.5 Å². The van der Waals surface area contributed by atoms with E-state index in [0.717, 1.165) is 16.9 Å². The van der Waals surface area contributed by atoms with Gasteiger partial charge in [-0.25, -0.2) is 0 Å². The number of amides is 1. The Kier molecular flexibility index (Phi) is 5.63. The van der Waals surface area contributed by atoms with Gasteiger partial charge in [-0.15, -0.1) is 0 Å². The van der Waals surface area contributed by atoms with Crippen LogP contribution in [0.2, 0.25) is 0 Å². The number of rotatable bonds is 7. The molecule has 3 aromatic rings. The normalized spacial score (nSPS) is 11.8. The molecule has 0 aliphatic heterocycles. The summed E-state index contributed by atoms with van der Waals surface area (Å²) in [5.41, 5.74) is 1.96. The average molecular weight is 351 g/mol. The van der Waals surface area contributed by atoms with Crippen LogP contribution in [0.25, 0.3) is 11.4 Å². The SMILES string of the molecule is COc1ccc(-c2noc([C@H](C)NC(=O)CCc3ccccc3)n2)cc1. The fourth-order valence-electron chi connectivity index (χ4n) is 2.55. The molecule has 3 rings (SSSR count). The Bertz CT molecular complexity index is 844. The standard InChI is InChI=1S/C20H21N3O3/c1-14(21-18(24)13-8-15-6-4-3-5-7-15)20-22-19(23-26-20)16-9-11-17(25-2)12-10-16/h3-7,9-12,14H,8,13H2,1-2H3,(H,21,24)/t14-/m0/s1. The van der Waals surface area contributed by atoms with Crippen LogP contribution in [0, 0.1) is 0 Å². The van der Waals surface area contributed by atoms with Gasteiger partial charge in [0.25, 0.3) is 0 Å². The number of methoxy groups -OCH3 is 1. The summed E-state index contributed by atoms with van der Waals surface area (Å²) in [4.78, 5) is 16.5. The Labute approximate surface area is 152 Å². The molecule has 1 N–H and O–H groups in total. The number of aromatic nitrogens is 2. The highest BCUT2D eigenvalue weighted by Crippen LogP contribution is 2.21. The zero-order valence-corrected chi connectivity index (χ0v) is 14.8. The summed E-state index contributed by atoms with van der Waals surface area (Å²) in [6, 6.07) is 16.9. The monoisotopic (exact) mass is 351 g/mol. The van der Waals surface area contributed by atoms with Crippen molar-refractivity contribution in [2.75, 3.05) is 7.11 Å². The minimum absolute atomic E-state index is 0.0504. The van der Waals surface area contributed by atoms with Crippen molar-refractivity contribution in [1.82, 2.24) is 15.5 Å². The first-order chi connectivity index (χ1) is 12.7. The van der Waals surface area contributed by atoms with Gasteiger partial charge in [-0.05, 0) is 43.2 Å². The van der Waals surface area contributed by atoms with E-state index in [4.69, 9.17) is 9.26 Å². The maximum atomic E-state index is 12.1. The number of carbonyl (C=O) groups excluding carboxylic acids is 1. The summed E-state index contributed by atoms with van der Waals surface area (Å²) in [5, 5.41) is 6.88. The molecule has 1 heterocycles. The minimum atomic E-state index is -0.349. The number of hydrogen-bond donors (Lipinski definition) is 1. The molecule has 0 aliphatic carbocycles. The molecule has 6 nitrogen and oxygen atoms in total. The van der Waals surface area contributed by atoms with Crippen LogP contribution in [-0.2, 0) is 11.2 Å². The summed E-state index contributed by atoms with van der Waals surface area (Å²) in [6.45, 7) is 1.83. The van der Waals surface area contributed by atoms with E-state index < -0.39 is 0 Å². The summed E-state index contributed by atoms with van der Waals surface area (Å²) in [6.07, 6.45) is 1.11. The number of hydrogen-bond acceptors (Lipinski definition) is 5. The summed E-state index contributed by atoms with van der Waals surface area (Å²) >= 11 is 0. The Morgan fingerprint density at radius 2 is 1.88 bits per heavy atom. The first-order valence-electron chi connectivity index (χ1n) is 8.47. The molecule has 0 bridgehead atoms. The Hall–Kier alpha value is -3.15. The summed E-state index contributed by atoms with van der Waals surface area (Å²) in [5.74, 6) is 1.57. The van der Waals surface area contributed by atoms with Gasteiger partial charge in [0, 0.05) is 12.0 Å².